The van der Waals surface area contributed by atoms with Gasteiger partial charge in [-0.25, -0.2) is 0 Å². The van der Waals surface area contributed by atoms with Crippen molar-refractivity contribution in [3.63, 3.8) is 0 Å². The van der Waals surface area contributed by atoms with E-state index in [1.54, 1.807) is 6.07 Å². The summed E-state index contributed by atoms with van der Waals surface area (Å²) in [5, 5.41) is 3.11. The van der Waals surface area contributed by atoms with Crippen LogP contribution in [0.2, 0.25) is 0 Å². The first kappa shape index (κ1) is 13.4. The molecule has 5 heteroatoms. The molecule has 1 aromatic carbocycles. The van der Waals surface area contributed by atoms with E-state index < -0.39 is 11.7 Å². The topological polar surface area (TPSA) is 21.3 Å². The van der Waals surface area contributed by atoms with Gasteiger partial charge in [-0.3, -0.25) is 5.32 Å². The van der Waals surface area contributed by atoms with Gasteiger partial charge in [0.05, 0.1) is 12.2 Å². The van der Waals surface area contributed by atoms with Crippen molar-refractivity contribution < 1.29 is 17.9 Å². The van der Waals surface area contributed by atoms with Crippen molar-refractivity contribution >= 4 is 0 Å². The number of rotatable bonds is 2. The zero-order valence-corrected chi connectivity index (χ0v) is 10.1. The third kappa shape index (κ3) is 3.23. The Labute approximate surface area is 104 Å². The highest BCUT2D eigenvalue weighted by Gasteiger charge is 2.33. The SMILES string of the molecule is CC1CNC(Cc2ccccc2C(F)(F)F)OC1. The highest BCUT2D eigenvalue weighted by molar-refractivity contribution is 5.30. The summed E-state index contributed by atoms with van der Waals surface area (Å²) in [6, 6.07) is 5.65. The summed E-state index contributed by atoms with van der Waals surface area (Å²) in [6.07, 6.45) is -4.40. The van der Waals surface area contributed by atoms with Crippen molar-refractivity contribution in [1.82, 2.24) is 5.32 Å². The lowest BCUT2D eigenvalue weighted by Crippen LogP contribution is -2.43. The van der Waals surface area contributed by atoms with Crippen LogP contribution in [0.15, 0.2) is 24.3 Å². The van der Waals surface area contributed by atoms with E-state index in [2.05, 4.69) is 5.32 Å². The summed E-state index contributed by atoms with van der Waals surface area (Å²) in [7, 11) is 0. The van der Waals surface area contributed by atoms with Crippen molar-refractivity contribution in [2.24, 2.45) is 5.92 Å². The minimum Gasteiger partial charge on any atom is -0.363 e. The third-order valence-corrected chi connectivity index (χ3v) is 3.00. The normalized spacial score (nSPS) is 25.1. The average Bonchev–Trinajstić information content (AvgIpc) is 2.31. The Hall–Kier alpha value is -1.07. The highest BCUT2D eigenvalue weighted by Crippen LogP contribution is 2.32. The summed E-state index contributed by atoms with van der Waals surface area (Å²) < 4.78 is 43.9. The van der Waals surface area contributed by atoms with Crippen LogP contribution in [0.1, 0.15) is 18.1 Å². The lowest BCUT2D eigenvalue weighted by Gasteiger charge is -2.29. The van der Waals surface area contributed by atoms with Crippen molar-refractivity contribution in [3.05, 3.63) is 35.4 Å². The molecule has 0 spiro atoms. The molecule has 0 aliphatic carbocycles. The first-order valence-electron chi connectivity index (χ1n) is 5.97. The maximum atomic E-state index is 12.8. The molecule has 1 saturated heterocycles. The fraction of sp³-hybridized carbons (Fsp3) is 0.538. The zero-order chi connectivity index (χ0) is 13.2. The molecule has 1 N–H and O–H groups in total. The quantitative estimate of drug-likeness (QED) is 0.881. The molecular formula is C13H16F3NO. The number of hydrogen-bond acceptors (Lipinski definition) is 2. The van der Waals surface area contributed by atoms with Crippen LogP contribution < -0.4 is 5.32 Å². The van der Waals surface area contributed by atoms with E-state index >= 15 is 0 Å². The number of alkyl halides is 3. The smallest absolute Gasteiger partial charge is 0.363 e. The molecule has 2 nitrogen and oxygen atoms in total. The van der Waals surface area contributed by atoms with Crippen LogP contribution in [0.5, 0.6) is 0 Å². The van der Waals surface area contributed by atoms with E-state index in [4.69, 9.17) is 4.74 Å². The zero-order valence-electron chi connectivity index (χ0n) is 10.1. The summed E-state index contributed by atoms with van der Waals surface area (Å²) in [5.41, 5.74) is -0.300. The van der Waals surface area contributed by atoms with Crippen LogP contribution >= 0.6 is 0 Å². The van der Waals surface area contributed by atoms with Gasteiger partial charge in [-0.05, 0) is 17.5 Å². The van der Waals surface area contributed by atoms with E-state index in [-0.39, 0.29) is 18.2 Å². The van der Waals surface area contributed by atoms with Crippen LogP contribution in [0, 0.1) is 5.92 Å². The molecule has 1 fully saturated rings. The minimum absolute atomic E-state index is 0.238. The predicted octanol–water partition coefficient (Wildman–Crippen LogP) is 2.83. The molecule has 0 aromatic heterocycles. The Bertz CT molecular complexity index is 397. The van der Waals surface area contributed by atoms with E-state index in [1.807, 2.05) is 6.92 Å². The van der Waals surface area contributed by atoms with E-state index in [1.165, 1.54) is 12.1 Å². The molecule has 1 heterocycles. The van der Waals surface area contributed by atoms with Crippen molar-refractivity contribution in [2.75, 3.05) is 13.2 Å². The van der Waals surface area contributed by atoms with Crippen LogP contribution in [0.25, 0.3) is 0 Å². The second kappa shape index (κ2) is 5.28. The van der Waals surface area contributed by atoms with E-state index in [0.29, 0.717) is 12.5 Å². The number of hydrogen-bond donors (Lipinski definition) is 1. The molecule has 0 amide bonds. The highest BCUT2D eigenvalue weighted by atomic mass is 19.4. The molecule has 2 unspecified atom stereocenters. The molecule has 1 aliphatic rings. The lowest BCUT2D eigenvalue weighted by molar-refractivity contribution is -0.138. The number of nitrogens with one attached hydrogen (secondary N) is 1. The van der Waals surface area contributed by atoms with Crippen LogP contribution in [-0.4, -0.2) is 19.4 Å². The van der Waals surface area contributed by atoms with Gasteiger partial charge in [-0.2, -0.15) is 13.2 Å². The monoisotopic (exact) mass is 259 g/mol. The third-order valence-electron chi connectivity index (χ3n) is 3.00. The van der Waals surface area contributed by atoms with Crippen LogP contribution in [0.3, 0.4) is 0 Å². The molecule has 1 aromatic rings. The largest absolute Gasteiger partial charge is 0.416 e. The van der Waals surface area contributed by atoms with Crippen molar-refractivity contribution in [3.8, 4) is 0 Å². The van der Waals surface area contributed by atoms with Gasteiger partial charge < -0.3 is 4.74 Å². The minimum atomic E-state index is -4.31. The second-order valence-corrected chi connectivity index (χ2v) is 4.69. The van der Waals surface area contributed by atoms with Gasteiger partial charge in [-0.15, -0.1) is 0 Å². The first-order valence-corrected chi connectivity index (χ1v) is 5.97. The fourth-order valence-electron chi connectivity index (χ4n) is 2.04. The lowest BCUT2D eigenvalue weighted by atomic mass is 10.0. The van der Waals surface area contributed by atoms with Gasteiger partial charge >= 0.3 is 6.18 Å². The summed E-state index contributed by atoms with van der Waals surface area (Å²) in [4.78, 5) is 0. The van der Waals surface area contributed by atoms with Gasteiger partial charge in [-0.1, -0.05) is 25.1 Å². The Morgan fingerprint density at radius 3 is 2.67 bits per heavy atom. The molecule has 0 radical (unpaired) electrons. The molecule has 0 saturated carbocycles. The summed E-state index contributed by atoms with van der Waals surface area (Å²) in [6.45, 7) is 3.40. The number of halogens is 3. The second-order valence-electron chi connectivity index (χ2n) is 4.69. The Balaban J connectivity index is 2.10. The number of benzene rings is 1. The fourth-order valence-corrected chi connectivity index (χ4v) is 2.04. The van der Waals surface area contributed by atoms with Gasteiger partial charge in [0.25, 0.3) is 0 Å². The molecule has 0 bridgehead atoms. The predicted molar refractivity (Wildman–Crippen MR) is 62.1 cm³/mol. The molecular weight excluding hydrogens is 243 g/mol. The summed E-state index contributed by atoms with van der Waals surface area (Å²) in [5.74, 6) is 0.402. The number of ether oxygens (including phenoxy) is 1. The maximum Gasteiger partial charge on any atom is 0.416 e. The van der Waals surface area contributed by atoms with Gasteiger partial charge in [0.1, 0.15) is 6.23 Å². The van der Waals surface area contributed by atoms with Crippen LogP contribution in [0.4, 0.5) is 13.2 Å². The molecule has 2 atom stereocenters. The Morgan fingerprint density at radius 1 is 1.33 bits per heavy atom. The van der Waals surface area contributed by atoms with Crippen LogP contribution in [-0.2, 0) is 17.3 Å². The van der Waals surface area contributed by atoms with Crippen molar-refractivity contribution in [1.29, 1.82) is 0 Å². The molecule has 1 aliphatic heterocycles. The van der Waals surface area contributed by atoms with Crippen molar-refractivity contribution in [2.45, 2.75) is 25.7 Å². The molecule has 100 valence electrons. The van der Waals surface area contributed by atoms with E-state index in [0.717, 1.165) is 12.6 Å². The van der Waals surface area contributed by atoms with Gasteiger partial charge in [0, 0.05) is 13.0 Å². The maximum absolute atomic E-state index is 12.8. The Morgan fingerprint density at radius 2 is 2.06 bits per heavy atom. The summed E-state index contributed by atoms with van der Waals surface area (Å²) >= 11 is 0. The first-order chi connectivity index (χ1) is 8.47. The van der Waals surface area contributed by atoms with Gasteiger partial charge in [0.2, 0.25) is 0 Å². The molecule has 18 heavy (non-hydrogen) atoms. The average molecular weight is 259 g/mol. The standard InChI is InChI=1S/C13H16F3NO/c1-9-7-17-12(18-8-9)6-10-4-2-3-5-11(10)13(14,15)16/h2-5,9,12,17H,6-8H2,1H3. The van der Waals surface area contributed by atoms with E-state index in [9.17, 15) is 13.2 Å². The Kier molecular flexibility index (Phi) is 3.92. The van der Waals surface area contributed by atoms with Gasteiger partial charge in [0.15, 0.2) is 0 Å². The molecule has 2 rings (SSSR count).